The van der Waals surface area contributed by atoms with Crippen molar-refractivity contribution in [1.82, 2.24) is 15.3 Å². The zero-order chi connectivity index (χ0) is 13.7. The highest BCUT2D eigenvalue weighted by atomic mass is 16.1. The molecule has 0 saturated carbocycles. The summed E-state index contributed by atoms with van der Waals surface area (Å²) in [6.07, 6.45) is 5.62. The van der Waals surface area contributed by atoms with Gasteiger partial charge in [-0.25, -0.2) is 0 Å². The fourth-order valence-corrected chi connectivity index (χ4v) is 1.83. The van der Waals surface area contributed by atoms with Crippen molar-refractivity contribution in [3.8, 4) is 0 Å². The van der Waals surface area contributed by atoms with Gasteiger partial charge in [0.05, 0.1) is 29.7 Å². The first-order chi connectivity index (χ1) is 9.22. The Morgan fingerprint density at radius 1 is 1.37 bits per heavy atom. The number of aryl methyl sites for hydroxylation is 1. The van der Waals surface area contributed by atoms with E-state index < -0.39 is 0 Å². The Morgan fingerprint density at radius 3 is 2.95 bits per heavy atom. The second-order valence-electron chi connectivity index (χ2n) is 4.11. The Bertz CT molecular complexity index is 583. The zero-order valence-electron chi connectivity index (χ0n) is 10.8. The van der Waals surface area contributed by atoms with E-state index in [0.29, 0.717) is 17.8 Å². The molecule has 0 aliphatic rings. The van der Waals surface area contributed by atoms with E-state index in [1.807, 2.05) is 12.1 Å². The van der Waals surface area contributed by atoms with Crippen molar-refractivity contribution in [2.24, 2.45) is 0 Å². The maximum absolute atomic E-state index is 12.0. The number of nitrogens with two attached hydrogens (primary N) is 1. The molecule has 3 N–H and O–H groups in total. The minimum absolute atomic E-state index is 0.215. The molecule has 0 unspecified atom stereocenters. The largest absolute Gasteiger partial charge is 0.397 e. The Hall–Kier alpha value is -2.43. The molecule has 0 bridgehead atoms. The first-order valence-electron chi connectivity index (χ1n) is 6.12. The van der Waals surface area contributed by atoms with Gasteiger partial charge in [0.1, 0.15) is 0 Å². The molecule has 0 saturated heterocycles. The number of nitrogens with zero attached hydrogens (tertiary/aromatic N) is 2. The molecule has 0 aromatic carbocycles. The summed E-state index contributed by atoms with van der Waals surface area (Å²) in [6.45, 7) is 2.45. The third kappa shape index (κ3) is 3.07. The van der Waals surface area contributed by atoms with E-state index in [2.05, 4.69) is 22.2 Å². The minimum atomic E-state index is -0.215. The molecule has 5 nitrogen and oxygen atoms in total. The summed E-state index contributed by atoms with van der Waals surface area (Å²) in [5.41, 5.74) is 8.52. The van der Waals surface area contributed by atoms with Gasteiger partial charge in [0.2, 0.25) is 0 Å². The number of anilines is 1. The van der Waals surface area contributed by atoms with E-state index in [0.717, 1.165) is 17.7 Å². The average Bonchev–Trinajstić information content (AvgIpc) is 2.45. The number of nitrogens with one attached hydrogen (secondary N) is 1. The van der Waals surface area contributed by atoms with Crippen molar-refractivity contribution in [1.29, 1.82) is 0 Å². The number of carbonyl (C=O) groups excluding carboxylic acids is 1. The standard InChI is InChI=1S/C14H16N4O/c1-2-10-4-3-6-17-13(10)9-18-14(19)11-5-7-16-8-12(11)15/h3-8H,2,9,15H2,1H3,(H,18,19). The molecule has 2 heterocycles. The molecular formula is C14H16N4O. The summed E-state index contributed by atoms with van der Waals surface area (Å²) < 4.78 is 0. The summed E-state index contributed by atoms with van der Waals surface area (Å²) in [5.74, 6) is -0.215. The number of aromatic nitrogens is 2. The molecule has 1 amide bonds. The SMILES string of the molecule is CCc1cccnc1CNC(=O)c1ccncc1N. The van der Waals surface area contributed by atoms with Crippen LogP contribution in [0.3, 0.4) is 0 Å². The van der Waals surface area contributed by atoms with Gasteiger partial charge in [-0.05, 0) is 24.1 Å². The highest BCUT2D eigenvalue weighted by Crippen LogP contribution is 2.09. The van der Waals surface area contributed by atoms with E-state index in [1.165, 1.54) is 6.20 Å². The molecule has 2 rings (SSSR count). The Kier molecular flexibility index (Phi) is 4.07. The number of rotatable bonds is 4. The second kappa shape index (κ2) is 5.95. The highest BCUT2D eigenvalue weighted by Gasteiger charge is 2.10. The Balaban J connectivity index is 2.07. The van der Waals surface area contributed by atoms with Crippen LogP contribution >= 0.6 is 0 Å². The van der Waals surface area contributed by atoms with Gasteiger partial charge in [-0.2, -0.15) is 0 Å². The number of nitrogen functional groups attached to an aromatic ring is 1. The quantitative estimate of drug-likeness (QED) is 0.869. The lowest BCUT2D eigenvalue weighted by atomic mass is 10.1. The molecule has 0 atom stereocenters. The predicted molar refractivity (Wildman–Crippen MR) is 73.4 cm³/mol. The van der Waals surface area contributed by atoms with Crippen LogP contribution in [0.2, 0.25) is 0 Å². The lowest BCUT2D eigenvalue weighted by molar-refractivity contribution is 0.0951. The van der Waals surface area contributed by atoms with E-state index in [1.54, 1.807) is 18.5 Å². The van der Waals surface area contributed by atoms with E-state index in [9.17, 15) is 4.79 Å². The van der Waals surface area contributed by atoms with Gasteiger partial charge < -0.3 is 11.1 Å². The second-order valence-corrected chi connectivity index (χ2v) is 4.11. The van der Waals surface area contributed by atoms with Crippen LogP contribution in [0.4, 0.5) is 5.69 Å². The van der Waals surface area contributed by atoms with Crippen LogP contribution in [0.5, 0.6) is 0 Å². The molecule has 2 aromatic rings. The average molecular weight is 256 g/mol. The number of hydrogen-bond acceptors (Lipinski definition) is 4. The van der Waals surface area contributed by atoms with Gasteiger partial charge in [-0.1, -0.05) is 13.0 Å². The van der Waals surface area contributed by atoms with Gasteiger partial charge in [-0.3, -0.25) is 14.8 Å². The molecule has 2 aromatic heterocycles. The summed E-state index contributed by atoms with van der Waals surface area (Å²) in [7, 11) is 0. The van der Waals surface area contributed by atoms with E-state index >= 15 is 0 Å². The summed E-state index contributed by atoms with van der Waals surface area (Å²) >= 11 is 0. The Labute approximate surface area is 111 Å². The molecule has 5 heteroatoms. The number of carbonyl (C=O) groups is 1. The predicted octanol–water partition coefficient (Wildman–Crippen LogP) is 1.55. The van der Waals surface area contributed by atoms with Crippen LogP contribution in [0, 0.1) is 0 Å². The molecule has 0 aliphatic carbocycles. The maximum atomic E-state index is 12.0. The van der Waals surface area contributed by atoms with Gasteiger partial charge in [0, 0.05) is 12.4 Å². The normalized spacial score (nSPS) is 10.2. The molecular weight excluding hydrogens is 240 g/mol. The highest BCUT2D eigenvalue weighted by molar-refractivity contribution is 5.98. The number of hydrogen-bond donors (Lipinski definition) is 2. The fourth-order valence-electron chi connectivity index (χ4n) is 1.83. The zero-order valence-corrected chi connectivity index (χ0v) is 10.8. The number of pyridine rings is 2. The topological polar surface area (TPSA) is 80.9 Å². The third-order valence-electron chi connectivity index (χ3n) is 2.88. The van der Waals surface area contributed by atoms with Gasteiger partial charge in [0.25, 0.3) is 5.91 Å². The van der Waals surface area contributed by atoms with Crippen molar-refractivity contribution in [3.63, 3.8) is 0 Å². The molecule has 0 spiro atoms. The first-order valence-corrected chi connectivity index (χ1v) is 6.12. The summed E-state index contributed by atoms with van der Waals surface area (Å²) in [5, 5.41) is 2.82. The van der Waals surface area contributed by atoms with E-state index in [4.69, 9.17) is 5.73 Å². The van der Waals surface area contributed by atoms with Gasteiger partial charge in [0.15, 0.2) is 0 Å². The first kappa shape index (κ1) is 13.0. The molecule has 0 fully saturated rings. The van der Waals surface area contributed by atoms with Crippen LogP contribution in [0.25, 0.3) is 0 Å². The van der Waals surface area contributed by atoms with Crippen molar-refractivity contribution < 1.29 is 4.79 Å². The van der Waals surface area contributed by atoms with Gasteiger partial charge in [-0.15, -0.1) is 0 Å². The van der Waals surface area contributed by atoms with Crippen LogP contribution in [0.1, 0.15) is 28.5 Å². The van der Waals surface area contributed by atoms with E-state index in [-0.39, 0.29) is 5.91 Å². The van der Waals surface area contributed by atoms with Crippen LogP contribution in [0.15, 0.2) is 36.8 Å². The Morgan fingerprint density at radius 2 is 2.21 bits per heavy atom. The lowest BCUT2D eigenvalue weighted by Crippen LogP contribution is -2.25. The lowest BCUT2D eigenvalue weighted by Gasteiger charge is -2.09. The monoisotopic (exact) mass is 256 g/mol. The maximum Gasteiger partial charge on any atom is 0.253 e. The number of amides is 1. The van der Waals surface area contributed by atoms with Crippen molar-refractivity contribution >= 4 is 11.6 Å². The van der Waals surface area contributed by atoms with Crippen molar-refractivity contribution in [2.75, 3.05) is 5.73 Å². The van der Waals surface area contributed by atoms with Gasteiger partial charge >= 0.3 is 0 Å². The summed E-state index contributed by atoms with van der Waals surface area (Å²) in [6, 6.07) is 5.50. The minimum Gasteiger partial charge on any atom is -0.397 e. The van der Waals surface area contributed by atoms with Crippen molar-refractivity contribution in [2.45, 2.75) is 19.9 Å². The molecule has 98 valence electrons. The summed E-state index contributed by atoms with van der Waals surface area (Å²) in [4.78, 5) is 20.1. The fraction of sp³-hybridized carbons (Fsp3) is 0.214. The van der Waals surface area contributed by atoms with Crippen LogP contribution in [-0.2, 0) is 13.0 Å². The van der Waals surface area contributed by atoms with Crippen molar-refractivity contribution in [3.05, 3.63) is 53.6 Å². The molecule has 0 aliphatic heterocycles. The molecule has 0 radical (unpaired) electrons. The van der Waals surface area contributed by atoms with Crippen LogP contribution in [-0.4, -0.2) is 15.9 Å². The smallest absolute Gasteiger partial charge is 0.253 e. The third-order valence-corrected chi connectivity index (χ3v) is 2.88. The molecule has 19 heavy (non-hydrogen) atoms. The van der Waals surface area contributed by atoms with Crippen LogP contribution < -0.4 is 11.1 Å².